The van der Waals surface area contributed by atoms with Gasteiger partial charge in [0.15, 0.2) is 0 Å². The van der Waals surface area contributed by atoms with Crippen LogP contribution >= 0.6 is 0 Å². The van der Waals surface area contributed by atoms with Crippen LogP contribution in [0.3, 0.4) is 0 Å². The predicted molar refractivity (Wildman–Crippen MR) is 102 cm³/mol. The van der Waals surface area contributed by atoms with Crippen LogP contribution in [0.1, 0.15) is 51.3 Å². The summed E-state index contributed by atoms with van der Waals surface area (Å²) in [5, 5.41) is 3.04. The predicted octanol–water partition coefficient (Wildman–Crippen LogP) is 2.98. The minimum absolute atomic E-state index is 0.0538. The fourth-order valence-electron chi connectivity index (χ4n) is 4.71. The molecule has 1 atom stereocenters. The van der Waals surface area contributed by atoms with Crippen LogP contribution in [-0.4, -0.2) is 33.6 Å². The van der Waals surface area contributed by atoms with Crippen molar-refractivity contribution in [2.24, 2.45) is 5.92 Å². The molecule has 1 aromatic heterocycles. The zero-order chi connectivity index (χ0) is 18.9. The number of fused-ring (bicyclic) bond motifs is 1. The normalized spacial score (nSPS) is 21.5. The number of para-hydroxylation sites is 2. The van der Waals surface area contributed by atoms with Crippen molar-refractivity contribution in [2.75, 3.05) is 6.54 Å². The highest BCUT2D eigenvalue weighted by molar-refractivity contribution is 5.87. The summed E-state index contributed by atoms with van der Waals surface area (Å²) < 4.78 is 7.84. The molecule has 1 aliphatic carbocycles. The first kappa shape index (κ1) is 18.0. The number of carbonyl (C=O) groups excluding carboxylic acids is 2. The lowest BCUT2D eigenvalue weighted by Crippen LogP contribution is -2.46. The highest BCUT2D eigenvalue weighted by Crippen LogP contribution is 2.44. The summed E-state index contributed by atoms with van der Waals surface area (Å²) in [5.41, 5.74) is 1.55. The van der Waals surface area contributed by atoms with Crippen LogP contribution in [0.15, 0.2) is 24.3 Å². The minimum atomic E-state index is -0.560. The van der Waals surface area contributed by atoms with Crippen LogP contribution in [0.2, 0.25) is 0 Å². The van der Waals surface area contributed by atoms with Gasteiger partial charge < -0.3 is 14.6 Å². The van der Waals surface area contributed by atoms with Gasteiger partial charge in [0, 0.05) is 19.5 Å². The Balaban J connectivity index is 1.42. The van der Waals surface area contributed by atoms with Gasteiger partial charge in [0.2, 0.25) is 5.91 Å². The van der Waals surface area contributed by atoms with Crippen LogP contribution in [0.5, 0.6) is 0 Å². The van der Waals surface area contributed by atoms with E-state index < -0.39 is 5.60 Å². The molecule has 1 N–H and O–H groups in total. The van der Waals surface area contributed by atoms with Gasteiger partial charge in [-0.25, -0.2) is 4.98 Å². The Morgan fingerprint density at radius 3 is 2.85 bits per heavy atom. The topological polar surface area (TPSA) is 73.2 Å². The summed E-state index contributed by atoms with van der Waals surface area (Å²) in [4.78, 5) is 29.4. The number of esters is 1. The molecule has 1 unspecified atom stereocenters. The van der Waals surface area contributed by atoms with Gasteiger partial charge in [-0.1, -0.05) is 18.6 Å². The molecule has 1 saturated heterocycles. The molecule has 144 valence electrons. The number of amides is 1. The van der Waals surface area contributed by atoms with Gasteiger partial charge in [-0.3, -0.25) is 9.59 Å². The summed E-state index contributed by atoms with van der Waals surface area (Å²) in [5.74, 6) is 0.340. The quantitative estimate of drug-likeness (QED) is 0.823. The first-order chi connectivity index (χ1) is 13.1. The summed E-state index contributed by atoms with van der Waals surface area (Å²) in [6.07, 6.45) is 5.70. The van der Waals surface area contributed by atoms with Gasteiger partial charge in [0.1, 0.15) is 11.4 Å². The molecule has 0 bridgehead atoms. The van der Waals surface area contributed by atoms with E-state index in [1.807, 2.05) is 18.2 Å². The number of rotatable bonds is 5. The summed E-state index contributed by atoms with van der Waals surface area (Å²) in [6.45, 7) is 3.46. The molecule has 2 fully saturated rings. The van der Waals surface area contributed by atoms with Crippen LogP contribution in [-0.2, 0) is 27.3 Å². The van der Waals surface area contributed by atoms with E-state index in [2.05, 4.69) is 22.9 Å². The number of nitrogens with one attached hydrogen (secondary N) is 1. The molecule has 27 heavy (non-hydrogen) atoms. The molecular formula is C21H27N3O3. The van der Waals surface area contributed by atoms with E-state index in [-0.39, 0.29) is 24.2 Å². The second-order valence-corrected chi connectivity index (χ2v) is 7.66. The molecule has 2 aliphatic rings. The van der Waals surface area contributed by atoms with E-state index in [4.69, 9.17) is 9.72 Å². The molecule has 2 aromatic rings. The van der Waals surface area contributed by atoms with Crippen molar-refractivity contribution in [3.05, 3.63) is 30.1 Å². The van der Waals surface area contributed by atoms with E-state index in [0.717, 1.165) is 55.5 Å². The molecule has 1 spiro atoms. The van der Waals surface area contributed by atoms with Crippen LogP contribution < -0.4 is 5.32 Å². The fourth-order valence-corrected chi connectivity index (χ4v) is 4.71. The van der Waals surface area contributed by atoms with E-state index in [1.165, 1.54) is 0 Å². The van der Waals surface area contributed by atoms with Crippen LogP contribution in [0.4, 0.5) is 0 Å². The van der Waals surface area contributed by atoms with Crippen LogP contribution in [0.25, 0.3) is 11.0 Å². The van der Waals surface area contributed by atoms with E-state index in [0.29, 0.717) is 13.0 Å². The minimum Gasteiger partial charge on any atom is -0.458 e. The average Bonchev–Trinajstić information content (AvgIpc) is 3.19. The maximum Gasteiger partial charge on any atom is 0.307 e. The molecule has 0 radical (unpaired) electrons. The number of imidazole rings is 1. The van der Waals surface area contributed by atoms with Crippen molar-refractivity contribution in [2.45, 2.75) is 64.0 Å². The van der Waals surface area contributed by atoms with Crippen molar-refractivity contribution in [3.8, 4) is 0 Å². The Labute approximate surface area is 159 Å². The standard InChI is InChI=1S/C21H27N3O3/c1-2-24-17-9-5-4-8-16(17)23-18(24)10-13-22-20(26)15-14-19(25)27-21(15)11-6-3-7-12-21/h4-5,8-9,15H,2-3,6-7,10-14H2,1H3,(H,22,26). The second-order valence-electron chi connectivity index (χ2n) is 7.66. The lowest BCUT2D eigenvalue weighted by Gasteiger charge is -2.36. The first-order valence-electron chi connectivity index (χ1n) is 10.1. The van der Waals surface area contributed by atoms with Crippen molar-refractivity contribution >= 4 is 22.9 Å². The zero-order valence-electron chi connectivity index (χ0n) is 15.9. The van der Waals surface area contributed by atoms with Gasteiger partial charge in [-0.05, 0) is 44.7 Å². The number of hydrogen-bond acceptors (Lipinski definition) is 4. The number of carbonyl (C=O) groups is 2. The molecule has 4 rings (SSSR count). The third-order valence-corrected chi connectivity index (χ3v) is 6.04. The van der Waals surface area contributed by atoms with Gasteiger partial charge in [-0.2, -0.15) is 0 Å². The Kier molecular flexibility index (Phi) is 4.89. The Bertz CT molecular complexity index is 851. The smallest absolute Gasteiger partial charge is 0.307 e. The fraction of sp³-hybridized carbons (Fsp3) is 0.571. The second kappa shape index (κ2) is 7.33. The van der Waals surface area contributed by atoms with Crippen molar-refractivity contribution in [1.82, 2.24) is 14.9 Å². The first-order valence-corrected chi connectivity index (χ1v) is 10.1. The molecule has 1 aliphatic heterocycles. The van der Waals surface area contributed by atoms with E-state index in [9.17, 15) is 9.59 Å². The largest absolute Gasteiger partial charge is 0.458 e. The molecule has 1 aromatic carbocycles. The molecule has 6 nitrogen and oxygen atoms in total. The summed E-state index contributed by atoms with van der Waals surface area (Å²) >= 11 is 0. The highest BCUT2D eigenvalue weighted by Gasteiger charge is 2.52. The molecule has 1 amide bonds. The Morgan fingerprint density at radius 1 is 1.30 bits per heavy atom. The van der Waals surface area contributed by atoms with Gasteiger partial charge in [0.25, 0.3) is 0 Å². The highest BCUT2D eigenvalue weighted by atomic mass is 16.6. The summed E-state index contributed by atoms with van der Waals surface area (Å²) in [7, 11) is 0. The number of aryl methyl sites for hydroxylation is 1. The Morgan fingerprint density at radius 2 is 2.07 bits per heavy atom. The van der Waals surface area contributed by atoms with Crippen molar-refractivity contribution < 1.29 is 14.3 Å². The number of aromatic nitrogens is 2. The number of nitrogens with zero attached hydrogens (tertiary/aromatic N) is 2. The van der Waals surface area contributed by atoms with Gasteiger partial charge in [-0.15, -0.1) is 0 Å². The summed E-state index contributed by atoms with van der Waals surface area (Å²) in [6, 6.07) is 8.09. The molecule has 1 saturated carbocycles. The maximum absolute atomic E-state index is 12.8. The number of ether oxygens (including phenoxy) is 1. The molecular weight excluding hydrogens is 342 g/mol. The number of hydrogen-bond donors (Lipinski definition) is 1. The van der Waals surface area contributed by atoms with E-state index >= 15 is 0 Å². The third kappa shape index (κ3) is 3.33. The molecule has 2 heterocycles. The van der Waals surface area contributed by atoms with Crippen molar-refractivity contribution in [3.63, 3.8) is 0 Å². The van der Waals surface area contributed by atoms with E-state index in [1.54, 1.807) is 0 Å². The lowest BCUT2D eigenvalue weighted by molar-refractivity contribution is -0.153. The maximum atomic E-state index is 12.8. The lowest BCUT2D eigenvalue weighted by atomic mass is 9.75. The average molecular weight is 369 g/mol. The third-order valence-electron chi connectivity index (χ3n) is 6.04. The Hall–Kier alpha value is -2.37. The monoisotopic (exact) mass is 369 g/mol. The van der Waals surface area contributed by atoms with Gasteiger partial charge in [0.05, 0.1) is 23.4 Å². The van der Waals surface area contributed by atoms with Gasteiger partial charge >= 0.3 is 5.97 Å². The van der Waals surface area contributed by atoms with Crippen molar-refractivity contribution in [1.29, 1.82) is 0 Å². The SMILES string of the molecule is CCn1c(CCNC(=O)C2CC(=O)OC23CCCCC3)nc2ccccc21. The van der Waals surface area contributed by atoms with Crippen LogP contribution in [0, 0.1) is 5.92 Å². The zero-order valence-corrected chi connectivity index (χ0v) is 15.9. The number of benzene rings is 1. The molecule has 6 heteroatoms.